The van der Waals surface area contributed by atoms with Crippen molar-refractivity contribution in [2.45, 2.75) is 24.9 Å². The van der Waals surface area contributed by atoms with Crippen LogP contribution < -0.4 is 5.90 Å². The summed E-state index contributed by atoms with van der Waals surface area (Å²) in [4.78, 5) is 35.7. The number of rotatable bonds is 7. The molecule has 0 amide bonds. The fourth-order valence-corrected chi connectivity index (χ4v) is 1.09. The third-order valence-corrected chi connectivity index (χ3v) is 1.95. The van der Waals surface area contributed by atoms with Gasteiger partial charge in [-0.3, -0.25) is 0 Å². The highest BCUT2D eigenvalue weighted by Crippen LogP contribution is 2.21. The molecule has 0 heterocycles. The van der Waals surface area contributed by atoms with Crippen LogP contribution in [0.3, 0.4) is 0 Å². The molecule has 0 aliphatic carbocycles. The highest BCUT2D eigenvalue weighted by atomic mass is 16.7. The molecular formula is C8H13NO5. The van der Waals surface area contributed by atoms with Crippen LogP contribution in [0.15, 0.2) is 0 Å². The summed E-state index contributed by atoms with van der Waals surface area (Å²) in [7, 11) is 1.26. The van der Waals surface area contributed by atoms with E-state index < -0.39 is 11.6 Å². The number of hydrogen-bond donors (Lipinski definition) is 1. The first kappa shape index (κ1) is 12.7. The van der Waals surface area contributed by atoms with E-state index in [9.17, 15) is 14.4 Å². The van der Waals surface area contributed by atoms with Crippen LogP contribution >= 0.6 is 0 Å². The van der Waals surface area contributed by atoms with Crippen LogP contribution in [-0.4, -0.2) is 31.3 Å². The van der Waals surface area contributed by atoms with Crippen molar-refractivity contribution in [3.05, 3.63) is 0 Å². The Hall–Kier alpha value is -1.27. The molecule has 0 bridgehead atoms. The van der Waals surface area contributed by atoms with Crippen molar-refractivity contribution in [3.8, 4) is 0 Å². The number of methoxy groups -OCH3 is 1. The summed E-state index contributed by atoms with van der Waals surface area (Å²) in [6.07, 6.45) is 1.12. The van der Waals surface area contributed by atoms with Crippen molar-refractivity contribution in [2.24, 2.45) is 5.90 Å². The molecule has 6 nitrogen and oxygen atoms in total. The van der Waals surface area contributed by atoms with Crippen LogP contribution in [0.25, 0.3) is 0 Å². The largest absolute Gasteiger partial charge is 0.371 e. The van der Waals surface area contributed by atoms with Crippen molar-refractivity contribution >= 4 is 18.5 Å². The standard InChI is InChI=1S/C8H13NO5/c1-13-8(4-6-11,3-2-5-10)7(12)14-9/h5-6H,2-4,9H2,1H3. The number of carbonyl (C=O) groups excluding carboxylic acids is 3. The van der Waals surface area contributed by atoms with E-state index in [4.69, 9.17) is 10.6 Å². The van der Waals surface area contributed by atoms with E-state index in [0.29, 0.717) is 12.6 Å². The third kappa shape index (κ3) is 2.90. The molecule has 0 rings (SSSR count). The Balaban J connectivity index is 4.66. The first-order chi connectivity index (χ1) is 6.66. The number of hydrogen-bond acceptors (Lipinski definition) is 6. The molecule has 80 valence electrons. The SMILES string of the molecule is COC(CC=O)(CCC=O)C(=O)ON. The van der Waals surface area contributed by atoms with Gasteiger partial charge in [0.15, 0.2) is 5.60 Å². The first-order valence-electron chi connectivity index (χ1n) is 4.00. The van der Waals surface area contributed by atoms with Crippen LogP contribution in [0.4, 0.5) is 0 Å². The lowest BCUT2D eigenvalue weighted by Crippen LogP contribution is -2.43. The zero-order valence-electron chi connectivity index (χ0n) is 7.89. The average Bonchev–Trinajstić information content (AvgIpc) is 2.23. The number of nitrogens with two attached hydrogens (primary N) is 1. The van der Waals surface area contributed by atoms with E-state index in [0.717, 1.165) is 0 Å². The molecular weight excluding hydrogens is 190 g/mol. The number of carbonyl (C=O) groups is 3. The second kappa shape index (κ2) is 6.22. The van der Waals surface area contributed by atoms with Gasteiger partial charge >= 0.3 is 5.97 Å². The van der Waals surface area contributed by atoms with E-state index in [1.54, 1.807) is 0 Å². The van der Waals surface area contributed by atoms with Crippen molar-refractivity contribution < 1.29 is 24.0 Å². The van der Waals surface area contributed by atoms with Crippen LogP contribution in [0.5, 0.6) is 0 Å². The topological polar surface area (TPSA) is 95.7 Å². The average molecular weight is 203 g/mol. The fourth-order valence-electron chi connectivity index (χ4n) is 1.09. The van der Waals surface area contributed by atoms with E-state index in [-0.39, 0.29) is 19.3 Å². The molecule has 14 heavy (non-hydrogen) atoms. The minimum atomic E-state index is -1.43. The summed E-state index contributed by atoms with van der Waals surface area (Å²) < 4.78 is 4.89. The van der Waals surface area contributed by atoms with Gasteiger partial charge in [-0.15, -0.1) is 0 Å². The highest BCUT2D eigenvalue weighted by Gasteiger charge is 2.39. The second-order valence-electron chi connectivity index (χ2n) is 2.68. The molecule has 2 N–H and O–H groups in total. The second-order valence-corrected chi connectivity index (χ2v) is 2.68. The Morgan fingerprint density at radius 2 is 2.07 bits per heavy atom. The Kier molecular flexibility index (Phi) is 5.66. The van der Waals surface area contributed by atoms with E-state index in [2.05, 4.69) is 4.84 Å². The quantitative estimate of drug-likeness (QED) is 0.436. The maximum Gasteiger partial charge on any atom is 0.357 e. The fraction of sp³-hybridized carbons (Fsp3) is 0.625. The van der Waals surface area contributed by atoms with E-state index in [1.807, 2.05) is 0 Å². The number of aldehydes is 2. The van der Waals surface area contributed by atoms with Gasteiger partial charge in [0.1, 0.15) is 12.6 Å². The van der Waals surface area contributed by atoms with Crippen molar-refractivity contribution in [3.63, 3.8) is 0 Å². The van der Waals surface area contributed by atoms with Crippen LogP contribution in [0, 0.1) is 0 Å². The van der Waals surface area contributed by atoms with Gasteiger partial charge in [0.2, 0.25) is 0 Å². The molecule has 0 radical (unpaired) electrons. The van der Waals surface area contributed by atoms with Crippen LogP contribution in [0.2, 0.25) is 0 Å². The Labute approximate surface area is 81.3 Å². The molecule has 0 aromatic carbocycles. The lowest BCUT2D eigenvalue weighted by atomic mass is 9.94. The maximum atomic E-state index is 11.2. The van der Waals surface area contributed by atoms with Crippen molar-refractivity contribution in [2.75, 3.05) is 7.11 Å². The highest BCUT2D eigenvalue weighted by molar-refractivity contribution is 5.82. The molecule has 1 unspecified atom stereocenters. The molecule has 1 atom stereocenters. The lowest BCUT2D eigenvalue weighted by Gasteiger charge is -2.26. The Morgan fingerprint density at radius 1 is 1.43 bits per heavy atom. The molecule has 0 aromatic heterocycles. The minimum Gasteiger partial charge on any atom is -0.371 e. The molecule has 0 fully saturated rings. The van der Waals surface area contributed by atoms with Gasteiger partial charge in [-0.1, -0.05) is 0 Å². The molecule has 0 aliphatic rings. The normalized spacial score (nSPS) is 14.1. The van der Waals surface area contributed by atoms with Gasteiger partial charge in [-0.25, -0.2) is 4.79 Å². The third-order valence-electron chi connectivity index (χ3n) is 1.95. The number of ether oxygens (including phenoxy) is 1. The molecule has 0 spiro atoms. The summed E-state index contributed by atoms with van der Waals surface area (Å²) in [5.41, 5.74) is -1.43. The summed E-state index contributed by atoms with van der Waals surface area (Å²) in [6.45, 7) is 0. The minimum absolute atomic E-state index is 0.0712. The maximum absolute atomic E-state index is 11.2. The van der Waals surface area contributed by atoms with Crippen molar-refractivity contribution in [1.82, 2.24) is 0 Å². The monoisotopic (exact) mass is 203 g/mol. The van der Waals surface area contributed by atoms with Gasteiger partial charge in [0.25, 0.3) is 0 Å². The Morgan fingerprint density at radius 3 is 2.43 bits per heavy atom. The molecule has 0 aliphatic heterocycles. The van der Waals surface area contributed by atoms with Crippen LogP contribution in [0.1, 0.15) is 19.3 Å². The van der Waals surface area contributed by atoms with E-state index >= 15 is 0 Å². The summed E-state index contributed by atoms with van der Waals surface area (Å²) in [5, 5.41) is 0. The molecule has 6 heteroatoms. The van der Waals surface area contributed by atoms with Crippen LogP contribution in [-0.2, 0) is 24.0 Å². The summed E-state index contributed by atoms with van der Waals surface area (Å²) in [5.74, 6) is 3.85. The molecule has 0 saturated heterocycles. The lowest BCUT2D eigenvalue weighted by molar-refractivity contribution is -0.172. The summed E-state index contributed by atoms with van der Waals surface area (Å²) >= 11 is 0. The van der Waals surface area contributed by atoms with Gasteiger partial charge in [0, 0.05) is 20.0 Å². The molecule has 0 aromatic rings. The zero-order valence-corrected chi connectivity index (χ0v) is 7.89. The zero-order chi connectivity index (χ0) is 11.0. The Bertz CT molecular complexity index is 218. The predicted molar refractivity (Wildman–Crippen MR) is 46.0 cm³/mol. The predicted octanol–water partition coefficient (Wildman–Crippen LogP) is -0.643. The van der Waals surface area contributed by atoms with Gasteiger partial charge < -0.3 is 19.2 Å². The van der Waals surface area contributed by atoms with Crippen molar-refractivity contribution in [1.29, 1.82) is 0 Å². The van der Waals surface area contributed by atoms with Gasteiger partial charge in [-0.05, 0) is 6.42 Å². The molecule has 0 saturated carbocycles. The summed E-state index contributed by atoms with van der Waals surface area (Å²) in [6, 6.07) is 0. The van der Waals surface area contributed by atoms with Gasteiger partial charge in [-0.2, -0.15) is 5.90 Å². The van der Waals surface area contributed by atoms with Gasteiger partial charge in [0.05, 0.1) is 0 Å². The first-order valence-corrected chi connectivity index (χ1v) is 4.00. The van der Waals surface area contributed by atoms with E-state index in [1.165, 1.54) is 7.11 Å². The smallest absolute Gasteiger partial charge is 0.357 e.